The van der Waals surface area contributed by atoms with Gasteiger partial charge in [-0.1, -0.05) is 18.2 Å². The highest BCUT2D eigenvalue weighted by Crippen LogP contribution is 2.44. The van der Waals surface area contributed by atoms with Crippen LogP contribution < -0.4 is 14.8 Å². The van der Waals surface area contributed by atoms with E-state index in [0.717, 1.165) is 5.56 Å². The zero-order chi connectivity index (χ0) is 22.1. The first-order valence-corrected chi connectivity index (χ1v) is 9.93. The van der Waals surface area contributed by atoms with Crippen molar-refractivity contribution in [2.75, 3.05) is 14.2 Å². The van der Waals surface area contributed by atoms with Crippen LogP contribution in [0.1, 0.15) is 42.2 Å². The van der Waals surface area contributed by atoms with Crippen LogP contribution >= 0.6 is 0 Å². The molecule has 0 spiro atoms. The summed E-state index contributed by atoms with van der Waals surface area (Å²) in [6.45, 7) is 0. The maximum Gasteiger partial charge on any atom is 0.269 e. The fourth-order valence-electron chi connectivity index (χ4n) is 4.44. The molecule has 8 heteroatoms. The molecule has 2 atom stereocenters. The fourth-order valence-corrected chi connectivity index (χ4v) is 4.44. The molecular formula is C23H22N2O6. The molecule has 2 aromatic rings. The topological polar surface area (TPSA) is 108 Å². The highest BCUT2D eigenvalue weighted by atomic mass is 16.6. The first-order chi connectivity index (χ1) is 14.9. The molecule has 0 aromatic heterocycles. The van der Waals surface area contributed by atoms with Crippen LogP contribution in [0.5, 0.6) is 11.5 Å². The van der Waals surface area contributed by atoms with Gasteiger partial charge in [-0.05, 0) is 35.6 Å². The monoisotopic (exact) mass is 422 g/mol. The summed E-state index contributed by atoms with van der Waals surface area (Å²) >= 11 is 0. The number of carbonyl (C=O) groups is 2. The summed E-state index contributed by atoms with van der Waals surface area (Å²) in [6, 6.07) is 11.7. The number of non-ortho nitro benzene ring substituents is 1. The molecule has 4 rings (SSSR count). The second-order valence-electron chi connectivity index (χ2n) is 7.69. The van der Waals surface area contributed by atoms with Crippen molar-refractivity contribution in [3.63, 3.8) is 0 Å². The Kier molecular flexibility index (Phi) is 5.46. The lowest BCUT2D eigenvalue weighted by Crippen LogP contribution is -2.38. The normalized spacial score (nSPS) is 20.7. The lowest BCUT2D eigenvalue weighted by atomic mass is 9.73. The zero-order valence-corrected chi connectivity index (χ0v) is 17.2. The molecule has 1 aliphatic heterocycles. The van der Waals surface area contributed by atoms with Gasteiger partial charge in [0.05, 0.1) is 19.1 Å². The molecule has 1 aliphatic carbocycles. The van der Waals surface area contributed by atoms with Crippen LogP contribution in [0.4, 0.5) is 5.69 Å². The summed E-state index contributed by atoms with van der Waals surface area (Å²) in [5, 5.41) is 14.0. The minimum Gasteiger partial charge on any atom is -0.493 e. The molecule has 0 saturated heterocycles. The van der Waals surface area contributed by atoms with Crippen LogP contribution in [0.3, 0.4) is 0 Å². The van der Waals surface area contributed by atoms with Crippen molar-refractivity contribution >= 4 is 17.4 Å². The van der Waals surface area contributed by atoms with E-state index in [1.54, 1.807) is 32.4 Å². The van der Waals surface area contributed by atoms with E-state index >= 15 is 0 Å². The Morgan fingerprint density at radius 3 is 2.45 bits per heavy atom. The summed E-state index contributed by atoms with van der Waals surface area (Å²) in [5.41, 5.74) is 2.62. The maximum absolute atomic E-state index is 13.2. The second kappa shape index (κ2) is 8.22. The molecule has 0 saturated carbocycles. The van der Waals surface area contributed by atoms with Gasteiger partial charge in [0.1, 0.15) is 0 Å². The van der Waals surface area contributed by atoms with Crippen LogP contribution in [0.15, 0.2) is 53.7 Å². The molecule has 1 heterocycles. The Labute approximate surface area is 179 Å². The predicted octanol–water partition coefficient (Wildman–Crippen LogP) is 3.62. The van der Waals surface area contributed by atoms with E-state index in [0.29, 0.717) is 34.8 Å². The van der Waals surface area contributed by atoms with Crippen molar-refractivity contribution in [2.45, 2.75) is 31.1 Å². The Bertz CT molecular complexity index is 1110. The molecule has 1 N–H and O–H groups in total. The minimum absolute atomic E-state index is 0.0578. The lowest BCUT2D eigenvalue weighted by Gasteiger charge is -2.34. The van der Waals surface area contributed by atoms with Gasteiger partial charge in [0.25, 0.3) is 5.69 Å². The van der Waals surface area contributed by atoms with E-state index in [2.05, 4.69) is 5.32 Å². The molecule has 8 nitrogen and oxygen atoms in total. The number of rotatable bonds is 5. The number of nitro benzene ring substituents is 1. The largest absolute Gasteiger partial charge is 0.493 e. The van der Waals surface area contributed by atoms with Crippen LogP contribution in [0.25, 0.3) is 0 Å². The zero-order valence-electron chi connectivity index (χ0n) is 17.2. The van der Waals surface area contributed by atoms with E-state index in [1.807, 2.05) is 12.1 Å². The smallest absolute Gasteiger partial charge is 0.269 e. The minimum atomic E-state index is -0.484. The number of Topliss-reactive ketones (excluding diaryl/α,β-unsaturated/α-hetero) is 1. The number of allylic oxidation sites excluding steroid dienone is 2. The Morgan fingerprint density at radius 1 is 0.968 bits per heavy atom. The van der Waals surface area contributed by atoms with Gasteiger partial charge in [-0.2, -0.15) is 0 Å². The second-order valence-corrected chi connectivity index (χ2v) is 7.69. The molecule has 0 radical (unpaired) electrons. The fraction of sp³-hybridized carbons (Fsp3) is 0.304. The van der Waals surface area contributed by atoms with E-state index in [1.165, 1.54) is 12.1 Å². The average Bonchev–Trinajstić information content (AvgIpc) is 2.77. The molecular weight excluding hydrogens is 400 g/mol. The van der Waals surface area contributed by atoms with E-state index in [4.69, 9.17) is 9.47 Å². The predicted molar refractivity (Wildman–Crippen MR) is 112 cm³/mol. The number of hydrogen-bond acceptors (Lipinski definition) is 6. The number of ketones is 1. The van der Waals surface area contributed by atoms with Gasteiger partial charge in [0.2, 0.25) is 5.91 Å². The average molecular weight is 422 g/mol. The van der Waals surface area contributed by atoms with Crippen molar-refractivity contribution in [1.29, 1.82) is 0 Å². The van der Waals surface area contributed by atoms with Gasteiger partial charge in [-0.25, -0.2) is 0 Å². The summed E-state index contributed by atoms with van der Waals surface area (Å²) in [7, 11) is 3.11. The van der Waals surface area contributed by atoms with E-state index in [-0.39, 0.29) is 36.1 Å². The summed E-state index contributed by atoms with van der Waals surface area (Å²) < 4.78 is 10.7. The lowest BCUT2D eigenvalue weighted by molar-refractivity contribution is -0.384. The van der Waals surface area contributed by atoms with Crippen LogP contribution in [-0.4, -0.2) is 30.8 Å². The van der Waals surface area contributed by atoms with Crippen LogP contribution in [0.2, 0.25) is 0 Å². The third-order valence-electron chi connectivity index (χ3n) is 5.90. The molecule has 31 heavy (non-hydrogen) atoms. The quantitative estimate of drug-likeness (QED) is 0.582. The number of nitrogens with one attached hydrogen (secondary N) is 1. The van der Waals surface area contributed by atoms with E-state index < -0.39 is 10.8 Å². The van der Waals surface area contributed by atoms with Crippen molar-refractivity contribution in [1.82, 2.24) is 5.32 Å². The van der Waals surface area contributed by atoms with Gasteiger partial charge in [0.15, 0.2) is 17.3 Å². The summed E-state index contributed by atoms with van der Waals surface area (Å²) in [6.07, 6.45) is 0.871. The van der Waals surface area contributed by atoms with Gasteiger partial charge in [-0.3, -0.25) is 19.7 Å². The highest BCUT2D eigenvalue weighted by Gasteiger charge is 2.38. The summed E-state index contributed by atoms with van der Waals surface area (Å²) in [5.74, 6) is 0.325. The van der Waals surface area contributed by atoms with E-state index in [9.17, 15) is 19.7 Å². The van der Waals surface area contributed by atoms with Gasteiger partial charge in [0, 0.05) is 42.2 Å². The molecule has 160 valence electrons. The van der Waals surface area contributed by atoms with Crippen molar-refractivity contribution in [3.8, 4) is 11.5 Å². The van der Waals surface area contributed by atoms with Crippen molar-refractivity contribution in [2.24, 2.45) is 0 Å². The molecule has 2 aliphatic rings. The third-order valence-corrected chi connectivity index (χ3v) is 5.90. The standard InChI is InChI=1S/C23H22N2O6/c1-30-20-7-6-13(11-21(20)31-2)15-9-18-23(19(26)10-15)17(12-22(27)24-18)14-4-3-5-16(8-14)25(28)29/h3-8,11,15,17H,9-10,12H2,1-2H3,(H,24,27). The third kappa shape index (κ3) is 3.88. The van der Waals surface area contributed by atoms with Crippen molar-refractivity contribution in [3.05, 3.63) is 75.0 Å². The highest BCUT2D eigenvalue weighted by molar-refractivity contribution is 6.02. The molecule has 2 aromatic carbocycles. The van der Waals surface area contributed by atoms with Gasteiger partial charge in [-0.15, -0.1) is 0 Å². The van der Waals surface area contributed by atoms with Crippen molar-refractivity contribution < 1.29 is 24.0 Å². The molecule has 0 bridgehead atoms. The SMILES string of the molecule is COc1ccc(C2CC(=O)C3=C(C2)NC(=O)CC3c2cccc([N+](=O)[O-])c2)cc1OC. The number of benzene rings is 2. The molecule has 0 fully saturated rings. The number of nitro groups is 1. The first-order valence-electron chi connectivity index (χ1n) is 9.93. The van der Waals surface area contributed by atoms with Gasteiger partial charge < -0.3 is 14.8 Å². The summed E-state index contributed by atoms with van der Waals surface area (Å²) in [4.78, 5) is 36.3. The number of methoxy groups -OCH3 is 2. The Balaban J connectivity index is 1.70. The number of carbonyl (C=O) groups excluding carboxylic acids is 2. The number of amides is 1. The Morgan fingerprint density at radius 2 is 1.74 bits per heavy atom. The Hall–Kier alpha value is -3.68. The first kappa shape index (κ1) is 20.6. The number of ether oxygens (including phenoxy) is 2. The number of nitrogens with zero attached hydrogens (tertiary/aromatic N) is 1. The molecule has 2 unspecified atom stereocenters. The van der Waals surface area contributed by atoms with Gasteiger partial charge >= 0.3 is 0 Å². The van der Waals surface area contributed by atoms with Crippen LogP contribution in [0, 0.1) is 10.1 Å². The molecule has 1 amide bonds. The number of hydrogen-bond donors (Lipinski definition) is 1. The maximum atomic E-state index is 13.2. The van der Waals surface area contributed by atoms with Crippen LogP contribution in [-0.2, 0) is 9.59 Å².